The fourth-order valence-corrected chi connectivity index (χ4v) is 2.55. The topological polar surface area (TPSA) is 88.4 Å². The average molecular weight is 362 g/mol. The van der Waals surface area contributed by atoms with Gasteiger partial charge in [0.2, 0.25) is 0 Å². The lowest BCUT2D eigenvalue weighted by molar-refractivity contribution is -0.161. The number of esters is 1. The second-order valence-corrected chi connectivity index (χ2v) is 6.38. The molecule has 0 fully saturated rings. The fraction of sp³-hybridized carbons (Fsp3) is 0.235. The smallest absolute Gasteiger partial charge is 0.350 e. The van der Waals surface area contributed by atoms with Crippen LogP contribution in [-0.4, -0.2) is 24.1 Å². The van der Waals surface area contributed by atoms with Gasteiger partial charge in [-0.2, -0.15) is 5.26 Å². The number of benzene rings is 1. The van der Waals surface area contributed by atoms with Crippen molar-refractivity contribution in [1.29, 1.82) is 5.26 Å². The molecule has 0 aliphatic carbocycles. The van der Waals surface area contributed by atoms with Crippen LogP contribution >= 0.6 is 11.3 Å². The second kappa shape index (κ2) is 7.77. The minimum Gasteiger partial charge on any atom is -0.476 e. The molecule has 0 unspecified atom stereocenters. The normalized spacial score (nSPS) is 10.6. The van der Waals surface area contributed by atoms with Gasteiger partial charge in [-0.3, -0.25) is 4.79 Å². The number of hydrogen-bond acceptors (Lipinski definition) is 6. The van der Waals surface area contributed by atoms with E-state index in [-0.39, 0.29) is 0 Å². The highest BCUT2D eigenvalue weighted by Gasteiger charge is 2.32. The van der Waals surface area contributed by atoms with Gasteiger partial charge in [0, 0.05) is 0 Å². The van der Waals surface area contributed by atoms with Crippen LogP contribution in [0, 0.1) is 17.1 Å². The number of carbonyl (C=O) groups is 2. The Labute approximate surface area is 147 Å². The van der Waals surface area contributed by atoms with E-state index >= 15 is 0 Å². The fourth-order valence-electron chi connectivity index (χ4n) is 1.80. The van der Waals surface area contributed by atoms with Crippen molar-refractivity contribution in [3.8, 4) is 11.8 Å². The highest BCUT2D eigenvalue weighted by Crippen LogP contribution is 2.22. The number of amides is 1. The quantitative estimate of drug-likeness (QED) is 0.798. The van der Waals surface area contributed by atoms with Crippen molar-refractivity contribution >= 4 is 28.2 Å². The number of hydrogen-bond donors (Lipinski definition) is 1. The molecule has 0 aliphatic heterocycles. The third kappa shape index (κ3) is 5.02. The Morgan fingerprint density at radius 2 is 1.96 bits per heavy atom. The standard InChI is InChI=1S/C17H15FN2O4S/c1-17(2,24-13-5-3-12(18)4-6-13)16(22)23-10-14(21)20-15-11(9-19)7-8-25-15/h3-8H,10H2,1-2H3,(H,20,21). The summed E-state index contributed by atoms with van der Waals surface area (Å²) >= 11 is 1.19. The van der Waals surface area contributed by atoms with Gasteiger partial charge in [-0.05, 0) is 49.6 Å². The highest BCUT2D eigenvalue weighted by molar-refractivity contribution is 7.14. The summed E-state index contributed by atoms with van der Waals surface area (Å²) in [6, 6.07) is 8.70. The molecular weight excluding hydrogens is 347 g/mol. The highest BCUT2D eigenvalue weighted by atomic mass is 32.1. The minimum absolute atomic E-state index is 0.296. The zero-order valence-corrected chi connectivity index (χ0v) is 14.4. The van der Waals surface area contributed by atoms with Gasteiger partial charge in [0.1, 0.15) is 22.6 Å². The molecule has 8 heteroatoms. The van der Waals surface area contributed by atoms with Crippen molar-refractivity contribution in [1.82, 2.24) is 0 Å². The van der Waals surface area contributed by atoms with Gasteiger partial charge in [-0.15, -0.1) is 11.3 Å². The molecule has 0 aliphatic rings. The molecule has 0 saturated heterocycles. The van der Waals surface area contributed by atoms with Crippen LogP contribution in [0.1, 0.15) is 19.4 Å². The van der Waals surface area contributed by atoms with Crippen molar-refractivity contribution in [2.24, 2.45) is 0 Å². The maximum Gasteiger partial charge on any atom is 0.350 e. The van der Waals surface area contributed by atoms with Gasteiger partial charge in [0.15, 0.2) is 12.2 Å². The summed E-state index contributed by atoms with van der Waals surface area (Å²) in [7, 11) is 0. The summed E-state index contributed by atoms with van der Waals surface area (Å²) in [4.78, 5) is 23.9. The van der Waals surface area contributed by atoms with E-state index < -0.39 is 29.9 Å². The number of ether oxygens (including phenoxy) is 2. The number of nitrogens with one attached hydrogen (secondary N) is 1. The molecule has 0 spiro atoms. The van der Waals surface area contributed by atoms with E-state index in [2.05, 4.69) is 5.32 Å². The van der Waals surface area contributed by atoms with Gasteiger partial charge in [0.05, 0.1) is 5.56 Å². The Kier molecular flexibility index (Phi) is 5.72. The number of anilines is 1. The molecule has 2 aromatic rings. The van der Waals surface area contributed by atoms with Crippen LogP contribution in [0.2, 0.25) is 0 Å². The van der Waals surface area contributed by atoms with E-state index in [1.807, 2.05) is 6.07 Å². The third-order valence-corrected chi connectivity index (χ3v) is 3.88. The molecule has 0 radical (unpaired) electrons. The number of halogens is 1. The Bertz CT molecular complexity index is 809. The van der Waals surface area contributed by atoms with Gasteiger partial charge in [-0.1, -0.05) is 0 Å². The number of rotatable bonds is 6. The van der Waals surface area contributed by atoms with Crippen LogP contribution in [0.25, 0.3) is 0 Å². The number of thiophene rings is 1. The molecule has 1 N–H and O–H groups in total. The zero-order valence-electron chi connectivity index (χ0n) is 13.5. The molecule has 0 saturated carbocycles. The number of nitriles is 1. The van der Waals surface area contributed by atoms with Crippen LogP contribution in [0.4, 0.5) is 9.39 Å². The molecule has 2 rings (SSSR count). The molecule has 1 amide bonds. The first-order valence-electron chi connectivity index (χ1n) is 7.21. The SMILES string of the molecule is CC(C)(Oc1ccc(F)cc1)C(=O)OCC(=O)Nc1sccc1C#N. The van der Waals surface area contributed by atoms with Gasteiger partial charge < -0.3 is 14.8 Å². The first-order chi connectivity index (χ1) is 11.8. The van der Waals surface area contributed by atoms with E-state index in [4.69, 9.17) is 14.7 Å². The third-order valence-electron chi connectivity index (χ3n) is 3.05. The van der Waals surface area contributed by atoms with E-state index in [1.165, 1.54) is 49.4 Å². The lowest BCUT2D eigenvalue weighted by atomic mass is 10.1. The first-order valence-corrected chi connectivity index (χ1v) is 8.09. The largest absolute Gasteiger partial charge is 0.476 e. The summed E-state index contributed by atoms with van der Waals surface area (Å²) in [6.45, 7) is 2.44. The van der Waals surface area contributed by atoms with Crippen molar-refractivity contribution in [3.05, 3.63) is 47.1 Å². The average Bonchev–Trinajstić information content (AvgIpc) is 3.01. The van der Waals surface area contributed by atoms with E-state index in [9.17, 15) is 14.0 Å². The maximum atomic E-state index is 12.9. The molecule has 0 atom stereocenters. The number of carbonyl (C=O) groups excluding carboxylic acids is 2. The summed E-state index contributed by atoms with van der Waals surface area (Å²) in [5, 5.41) is 13.4. The predicted octanol–water partition coefficient (Wildman–Crippen LogP) is 3.10. The Hall–Kier alpha value is -2.92. The van der Waals surface area contributed by atoms with Crippen LogP contribution in [0.15, 0.2) is 35.7 Å². The summed E-state index contributed by atoms with van der Waals surface area (Å²) in [6.07, 6.45) is 0. The maximum absolute atomic E-state index is 12.9. The lowest BCUT2D eigenvalue weighted by Gasteiger charge is -2.24. The molecule has 6 nitrogen and oxygen atoms in total. The van der Waals surface area contributed by atoms with Crippen LogP contribution in [0.5, 0.6) is 5.75 Å². The monoisotopic (exact) mass is 362 g/mol. The van der Waals surface area contributed by atoms with E-state index in [1.54, 1.807) is 11.4 Å². The molecular formula is C17H15FN2O4S. The second-order valence-electron chi connectivity index (χ2n) is 5.47. The van der Waals surface area contributed by atoms with Crippen LogP contribution in [-0.2, 0) is 14.3 Å². The zero-order chi connectivity index (χ0) is 18.4. The first kappa shape index (κ1) is 18.4. The molecule has 0 bridgehead atoms. The Balaban J connectivity index is 1.88. The molecule has 1 heterocycles. The summed E-state index contributed by atoms with van der Waals surface area (Å²) < 4.78 is 23.3. The summed E-state index contributed by atoms with van der Waals surface area (Å²) in [5.41, 5.74) is -1.02. The van der Waals surface area contributed by atoms with Crippen molar-refractivity contribution in [3.63, 3.8) is 0 Å². The van der Waals surface area contributed by atoms with Gasteiger partial charge in [0.25, 0.3) is 5.91 Å². The van der Waals surface area contributed by atoms with E-state index in [0.29, 0.717) is 16.3 Å². The predicted molar refractivity (Wildman–Crippen MR) is 89.7 cm³/mol. The molecule has 25 heavy (non-hydrogen) atoms. The summed E-state index contributed by atoms with van der Waals surface area (Å²) in [5.74, 6) is -1.44. The van der Waals surface area contributed by atoms with Crippen LogP contribution in [0.3, 0.4) is 0 Å². The molecule has 1 aromatic heterocycles. The number of nitrogens with zero attached hydrogens (tertiary/aromatic N) is 1. The Morgan fingerprint density at radius 1 is 1.28 bits per heavy atom. The van der Waals surface area contributed by atoms with E-state index in [0.717, 1.165) is 0 Å². The minimum atomic E-state index is -1.36. The van der Waals surface area contributed by atoms with Gasteiger partial charge in [-0.25, -0.2) is 9.18 Å². The van der Waals surface area contributed by atoms with Crippen molar-refractivity contribution < 1.29 is 23.5 Å². The van der Waals surface area contributed by atoms with Crippen molar-refractivity contribution in [2.45, 2.75) is 19.4 Å². The molecule has 130 valence electrons. The van der Waals surface area contributed by atoms with Crippen LogP contribution < -0.4 is 10.1 Å². The van der Waals surface area contributed by atoms with Gasteiger partial charge >= 0.3 is 5.97 Å². The Morgan fingerprint density at radius 3 is 2.60 bits per heavy atom. The van der Waals surface area contributed by atoms with Crippen molar-refractivity contribution in [2.75, 3.05) is 11.9 Å². The lowest BCUT2D eigenvalue weighted by Crippen LogP contribution is -2.41. The molecule has 1 aromatic carbocycles.